The van der Waals surface area contributed by atoms with Crippen LogP contribution >= 0.6 is 9.12 Å². The zero-order valence-corrected chi connectivity index (χ0v) is 21.2. The van der Waals surface area contributed by atoms with Crippen molar-refractivity contribution in [1.29, 1.82) is 0 Å². The first-order valence-electron chi connectivity index (χ1n) is 10.9. The molecule has 3 aromatic rings. The summed E-state index contributed by atoms with van der Waals surface area (Å²) in [6.45, 7) is 0.815. The molecule has 0 spiro atoms. The number of anilines is 2. The molecule has 0 amide bonds. The minimum absolute atomic E-state index is 0.0689. The van der Waals surface area contributed by atoms with E-state index in [2.05, 4.69) is 37.9 Å². The molecule has 2 atom stereocenters. The molecule has 2 radical (unpaired) electrons. The molecule has 1 aliphatic rings. The van der Waals surface area contributed by atoms with E-state index >= 15 is 0 Å². The molecule has 0 fully saturated rings. The van der Waals surface area contributed by atoms with Gasteiger partial charge >= 0.3 is 6.55 Å². The van der Waals surface area contributed by atoms with Crippen molar-refractivity contribution in [2.24, 2.45) is 17.8 Å². The van der Waals surface area contributed by atoms with Gasteiger partial charge in [0, 0.05) is 55.0 Å². The van der Waals surface area contributed by atoms with E-state index in [9.17, 15) is 8.78 Å². The molecule has 1 aliphatic heterocycles. The zero-order valence-electron chi connectivity index (χ0n) is 20.0. The second kappa shape index (κ2) is 12.4. The van der Waals surface area contributed by atoms with Crippen molar-refractivity contribution in [2.45, 2.75) is 32.9 Å². The Bertz CT molecular complexity index is 1250. The molecule has 3 aromatic heterocycles. The van der Waals surface area contributed by atoms with Crippen molar-refractivity contribution in [3.8, 4) is 23.0 Å². The van der Waals surface area contributed by atoms with E-state index < -0.39 is 6.55 Å². The number of aryl methyl sites for hydroxylation is 1. The Morgan fingerprint density at radius 2 is 2.11 bits per heavy atom. The number of alkyl halides is 2. The number of hydrogen-bond donors (Lipinski definition) is 2. The summed E-state index contributed by atoms with van der Waals surface area (Å²) >= 11 is 0. The summed E-state index contributed by atoms with van der Waals surface area (Å²) in [6, 6.07) is 3.35. The lowest BCUT2D eigenvalue weighted by Crippen LogP contribution is -2.18. The van der Waals surface area contributed by atoms with Crippen LogP contribution in [-0.2, 0) is 7.05 Å². The number of pyridine rings is 1. The number of aromatic nitrogens is 5. The van der Waals surface area contributed by atoms with Crippen molar-refractivity contribution < 1.29 is 18.3 Å². The van der Waals surface area contributed by atoms with Crippen LogP contribution in [0.4, 0.5) is 20.4 Å². The first-order valence-corrected chi connectivity index (χ1v) is 11.5. The maximum atomic E-state index is 12.9. The summed E-state index contributed by atoms with van der Waals surface area (Å²) < 4.78 is 39.5. The maximum absolute atomic E-state index is 12.9. The van der Waals surface area contributed by atoms with E-state index in [0.29, 0.717) is 58.8 Å². The molecule has 36 heavy (non-hydrogen) atoms. The highest BCUT2D eigenvalue weighted by molar-refractivity contribution is 7.49. The highest BCUT2D eigenvalue weighted by Crippen LogP contribution is 2.32. The first kappa shape index (κ1) is 27.0. The third kappa shape index (κ3) is 6.34. The number of aliphatic imine (C=N–C) groups is 1. The van der Waals surface area contributed by atoms with Crippen LogP contribution < -0.4 is 20.5 Å². The van der Waals surface area contributed by atoms with Gasteiger partial charge in [-0.3, -0.25) is 0 Å². The van der Waals surface area contributed by atoms with E-state index in [1.54, 1.807) is 36.3 Å². The van der Waals surface area contributed by atoms with Gasteiger partial charge in [-0.05, 0) is 19.9 Å². The largest absolute Gasteiger partial charge is 0.490 e. The quantitative estimate of drug-likeness (QED) is 0.236. The average Bonchev–Trinajstić information content (AvgIpc) is 3.21. The second-order valence-corrected chi connectivity index (χ2v) is 7.58. The third-order valence-corrected chi connectivity index (χ3v) is 5.13. The molecule has 188 valence electrons. The van der Waals surface area contributed by atoms with E-state index in [0.717, 1.165) is 0 Å². The Morgan fingerprint density at radius 1 is 1.33 bits per heavy atom. The van der Waals surface area contributed by atoms with Crippen LogP contribution in [0, 0.1) is 0 Å². The number of ether oxygens (including phenoxy) is 2. The molecule has 1 unspecified atom stereocenters. The number of hydrogen-bond acceptors (Lipinski definition) is 9. The van der Waals surface area contributed by atoms with Crippen LogP contribution in [0.1, 0.15) is 25.8 Å². The number of nitrogens with one attached hydrogen (secondary N) is 1. The van der Waals surface area contributed by atoms with Crippen molar-refractivity contribution >= 4 is 39.6 Å². The molecule has 0 aliphatic carbocycles. The highest BCUT2D eigenvalue weighted by Gasteiger charge is 2.20. The van der Waals surface area contributed by atoms with Crippen LogP contribution in [-0.4, -0.2) is 57.3 Å². The van der Waals surface area contributed by atoms with Crippen molar-refractivity contribution in [3.63, 3.8) is 0 Å². The topological polar surface area (TPSA) is 125 Å². The SMILES string of the molecule is CC(=N\C(F)F)/C(=C\N)c1cnc2cc1O[C@@H](C)CCOc1c(cnn1C)-c1nccc(n1)N2.[B]P. The summed E-state index contributed by atoms with van der Waals surface area (Å²) in [4.78, 5) is 16.6. The molecule has 0 saturated heterocycles. The number of fused-ring (bicyclic) bond motifs is 6. The van der Waals surface area contributed by atoms with Crippen LogP contribution in [0.15, 0.2) is 41.9 Å². The minimum atomic E-state index is -2.86. The van der Waals surface area contributed by atoms with E-state index in [-0.39, 0.29) is 11.8 Å². The van der Waals surface area contributed by atoms with Crippen LogP contribution in [0.5, 0.6) is 11.6 Å². The average molecular weight is 514 g/mol. The van der Waals surface area contributed by atoms with Crippen LogP contribution in [0.3, 0.4) is 0 Å². The normalized spacial score (nSPS) is 15.9. The Morgan fingerprint density at radius 3 is 2.83 bits per heavy atom. The number of halogens is 2. The van der Waals surface area contributed by atoms with Crippen LogP contribution in [0.2, 0.25) is 0 Å². The summed E-state index contributed by atoms with van der Waals surface area (Å²) in [5, 5.41) is 7.39. The van der Waals surface area contributed by atoms with Gasteiger partial charge in [0.05, 0.1) is 26.5 Å². The van der Waals surface area contributed by atoms with E-state index in [4.69, 9.17) is 15.2 Å². The number of nitrogens with zero attached hydrogens (tertiary/aromatic N) is 6. The summed E-state index contributed by atoms with van der Waals surface area (Å²) in [6.07, 6.45) is 6.22. The molecule has 3 N–H and O–H groups in total. The molecular formula is C22H26BF2N8O2P. The van der Waals surface area contributed by atoms with Gasteiger partial charge in [0.15, 0.2) is 5.82 Å². The van der Waals surface area contributed by atoms with Crippen LogP contribution in [0.25, 0.3) is 17.0 Å². The lowest BCUT2D eigenvalue weighted by atomic mass is 10.0. The zero-order chi connectivity index (χ0) is 26.2. The molecule has 14 heteroatoms. The molecule has 0 saturated carbocycles. The summed E-state index contributed by atoms with van der Waals surface area (Å²) in [5.41, 5.74) is 7.22. The first-order chi connectivity index (χ1) is 17.4. The van der Waals surface area contributed by atoms with Gasteiger partial charge in [0.1, 0.15) is 22.9 Å². The fourth-order valence-corrected chi connectivity index (χ4v) is 3.46. The Hall–Kier alpha value is -3.60. The molecule has 4 bridgehead atoms. The molecule has 10 nitrogen and oxygen atoms in total. The van der Waals surface area contributed by atoms with Gasteiger partial charge in [0.25, 0.3) is 0 Å². The number of allylic oxidation sites excluding steroid dienone is 1. The Kier molecular flexibility index (Phi) is 9.29. The Balaban J connectivity index is 0.00000176. The fourth-order valence-electron chi connectivity index (χ4n) is 3.46. The summed E-state index contributed by atoms with van der Waals surface area (Å²) in [7, 11) is 8.11. The lowest BCUT2D eigenvalue weighted by Gasteiger charge is -2.20. The van der Waals surface area contributed by atoms with Gasteiger partial charge in [-0.2, -0.15) is 23.0 Å². The highest BCUT2D eigenvalue weighted by atomic mass is 31.0. The van der Waals surface area contributed by atoms with Gasteiger partial charge in [0.2, 0.25) is 5.88 Å². The van der Waals surface area contributed by atoms with Gasteiger partial charge in [-0.15, -0.1) is 0 Å². The molecular weight excluding hydrogens is 488 g/mol. The van der Waals surface area contributed by atoms with Gasteiger partial charge in [-0.1, -0.05) is 0 Å². The van der Waals surface area contributed by atoms with Gasteiger partial charge < -0.3 is 20.5 Å². The maximum Gasteiger partial charge on any atom is 0.332 e. The van der Waals surface area contributed by atoms with E-state index in [1.807, 2.05) is 16.0 Å². The van der Waals surface area contributed by atoms with Gasteiger partial charge in [-0.25, -0.2) is 24.6 Å². The summed E-state index contributed by atoms with van der Waals surface area (Å²) in [5.74, 6) is 2.30. The standard InChI is InChI=1S/C22H24F2N8O2.BH2P/c1-12-5-7-33-21-16(11-28-32(21)3)20-26-6-4-18(31-20)30-19-8-17(34-12)15(10-27-19)14(9-25)13(2)29-22(23)24;1-2/h4,6,8-12,22H,5,7,25H2,1-3H3,(H,26,27,30,31);2H2/b14-9+,29-13+;/t12-;/m0./s1. The smallest absolute Gasteiger partial charge is 0.332 e. The van der Waals surface area contributed by atoms with Crippen molar-refractivity contribution in [3.05, 3.63) is 42.5 Å². The number of nitrogens with two attached hydrogens (primary N) is 1. The van der Waals surface area contributed by atoms with Crippen molar-refractivity contribution in [2.75, 3.05) is 11.9 Å². The monoisotopic (exact) mass is 514 g/mol. The third-order valence-electron chi connectivity index (χ3n) is 5.13. The predicted octanol–water partition coefficient (Wildman–Crippen LogP) is 3.49. The predicted molar refractivity (Wildman–Crippen MR) is 139 cm³/mol. The fraction of sp³-hybridized carbons (Fsp3) is 0.318. The number of rotatable bonds is 3. The van der Waals surface area contributed by atoms with E-state index in [1.165, 1.54) is 19.3 Å². The second-order valence-electron chi connectivity index (χ2n) is 7.58. The minimum Gasteiger partial charge on any atom is -0.490 e. The molecule has 4 heterocycles. The van der Waals surface area contributed by atoms with Crippen molar-refractivity contribution in [1.82, 2.24) is 24.7 Å². The molecule has 4 rings (SSSR count). The lowest BCUT2D eigenvalue weighted by molar-refractivity contribution is 0.160. The molecule has 0 aromatic carbocycles. The Labute approximate surface area is 211 Å².